The van der Waals surface area contributed by atoms with Gasteiger partial charge in [-0.2, -0.15) is 0 Å². The van der Waals surface area contributed by atoms with Crippen LogP contribution in [0.1, 0.15) is 17.5 Å². The second-order valence-electron chi connectivity index (χ2n) is 3.52. The third kappa shape index (κ3) is 0.573. The summed E-state index contributed by atoms with van der Waals surface area (Å²) in [4.78, 5) is 11.2. The quantitative estimate of drug-likeness (QED) is 0.610. The SMILES string of the molecule is O=C1CC12NCc1ccccc12. The van der Waals surface area contributed by atoms with Gasteiger partial charge in [0.25, 0.3) is 0 Å². The average molecular weight is 159 g/mol. The van der Waals surface area contributed by atoms with E-state index < -0.39 is 0 Å². The van der Waals surface area contributed by atoms with Gasteiger partial charge in [-0.05, 0) is 11.1 Å². The summed E-state index contributed by atoms with van der Waals surface area (Å²) >= 11 is 0. The van der Waals surface area contributed by atoms with Crippen molar-refractivity contribution in [1.82, 2.24) is 5.32 Å². The highest BCUT2D eigenvalue weighted by molar-refractivity contribution is 6.06. The molecule has 0 radical (unpaired) electrons. The van der Waals surface area contributed by atoms with Gasteiger partial charge in [-0.25, -0.2) is 0 Å². The Bertz CT molecular complexity index is 372. The van der Waals surface area contributed by atoms with Crippen molar-refractivity contribution in [3.63, 3.8) is 0 Å². The summed E-state index contributed by atoms with van der Waals surface area (Å²) in [7, 11) is 0. The van der Waals surface area contributed by atoms with E-state index in [1.807, 2.05) is 12.1 Å². The molecule has 2 heteroatoms. The molecule has 1 aliphatic heterocycles. The highest BCUT2D eigenvalue weighted by Crippen LogP contribution is 2.46. The molecule has 1 aliphatic carbocycles. The summed E-state index contributed by atoms with van der Waals surface area (Å²) < 4.78 is 0. The molecular formula is C10H9NO. The number of Topliss-reactive ketones (excluding diaryl/α,β-unsaturated/α-hetero) is 1. The average Bonchev–Trinajstić information content (AvgIpc) is 2.58. The largest absolute Gasteiger partial charge is 0.297 e. The van der Waals surface area contributed by atoms with E-state index in [0.29, 0.717) is 12.2 Å². The molecule has 0 bridgehead atoms. The van der Waals surface area contributed by atoms with Gasteiger partial charge in [-0.15, -0.1) is 0 Å². The molecule has 0 aromatic heterocycles. The number of fused-ring (bicyclic) bond motifs is 2. The molecule has 1 atom stereocenters. The van der Waals surface area contributed by atoms with Crippen molar-refractivity contribution in [2.75, 3.05) is 0 Å². The van der Waals surface area contributed by atoms with Crippen LogP contribution in [0.4, 0.5) is 0 Å². The van der Waals surface area contributed by atoms with Crippen molar-refractivity contribution in [2.45, 2.75) is 18.5 Å². The second-order valence-corrected chi connectivity index (χ2v) is 3.52. The van der Waals surface area contributed by atoms with Crippen LogP contribution in [0.15, 0.2) is 24.3 Å². The van der Waals surface area contributed by atoms with Crippen LogP contribution in [0.25, 0.3) is 0 Å². The minimum absolute atomic E-state index is 0.253. The zero-order valence-corrected chi connectivity index (χ0v) is 6.63. The molecule has 60 valence electrons. The van der Waals surface area contributed by atoms with E-state index in [1.54, 1.807) is 0 Å². The van der Waals surface area contributed by atoms with Crippen LogP contribution >= 0.6 is 0 Å². The minimum Gasteiger partial charge on any atom is -0.297 e. The molecule has 1 heterocycles. The van der Waals surface area contributed by atoms with Gasteiger partial charge in [0.2, 0.25) is 0 Å². The van der Waals surface area contributed by atoms with Crippen LogP contribution in [0, 0.1) is 0 Å². The lowest BCUT2D eigenvalue weighted by Crippen LogP contribution is -2.22. The highest BCUT2D eigenvalue weighted by atomic mass is 16.1. The first-order valence-electron chi connectivity index (χ1n) is 4.20. The summed E-state index contributed by atoms with van der Waals surface area (Å²) in [5.41, 5.74) is 2.23. The van der Waals surface area contributed by atoms with Crippen molar-refractivity contribution < 1.29 is 4.79 Å². The first kappa shape index (κ1) is 6.38. The maximum atomic E-state index is 11.2. The first-order valence-corrected chi connectivity index (χ1v) is 4.20. The van der Waals surface area contributed by atoms with Crippen LogP contribution in [-0.2, 0) is 16.9 Å². The Balaban J connectivity index is 2.21. The van der Waals surface area contributed by atoms with E-state index in [2.05, 4.69) is 17.4 Å². The Morgan fingerprint density at radius 3 is 2.83 bits per heavy atom. The second kappa shape index (κ2) is 1.77. The number of carbonyl (C=O) groups excluding carboxylic acids is 1. The number of nitrogens with one attached hydrogen (secondary N) is 1. The zero-order chi connectivity index (χ0) is 8.18. The standard InChI is InChI=1S/C10H9NO/c12-9-5-10(9)8-4-2-1-3-7(8)6-11-10/h1-4,11H,5-6H2. The van der Waals surface area contributed by atoms with Crippen LogP contribution < -0.4 is 5.32 Å². The van der Waals surface area contributed by atoms with Gasteiger partial charge < -0.3 is 0 Å². The molecule has 3 rings (SSSR count). The number of hydrogen-bond donors (Lipinski definition) is 1. The third-order valence-corrected chi connectivity index (χ3v) is 2.83. The summed E-state index contributed by atoms with van der Waals surface area (Å²) in [6, 6.07) is 8.16. The fourth-order valence-corrected chi connectivity index (χ4v) is 2.04. The van der Waals surface area contributed by atoms with Gasteiger partial charge in [0.1, 0.15) is 5.54 Å². The van der Waals surface area contributed by atoms with Gasteiger partial charge in [0, 0.05) is 13.0 Å². The summed E-state index contributed by atoms with van der Waals surface area (Å²) in [5, 5.41) is 3.27. The monoisotopic (exact) mass is 159 g/mol. The molecule has 1 aromatic carbocycles. The van der Waals surface area contributed by atoms with Crippen molar-refractivity contribution >= 4 is 5.78 Å². The number of rotatable bonds is 0. The number of ketones is 1. The fraction of sp³-hybridized carbons (Fsp3) is 0.300. The molecule has 0 saturated heterocycles. The van der Waals surface area contributed by atoms with Crippen LogP contribution in [0.3, 0.4) is 0 Å². The molecule has 1 saturated carbocycles. The highest BCUT2D eigenvalue weighted by Gasteiger charge is 2.58. The van der Waals surface area contributed by atoms with Gasteiger partial charge in [-0.1, -0.05) is 24.3 Å². The molecule has 12 heavy (non-hydrogen) atoms. The Hall–Kier alpha value is -1.15. The van der Waals surface area contributed by atoms with Crippen LogP contribution in [0.5, 0.6) is 0 Å². The maximum Gasteiger partial charge on any atom is 0.160 e. The predicted octanol–water partition coefficient (Wildman–Crippen LogP) is 0.958. The van der Waals surface area contributed by atoms with E-state index >= 15 is 0 Å². The van der Waals surface area contributed by atoms with E-state index in [0.717, 1.165) is 6.54 Å². The van der Waals surface area contributed by atoms with E-state index in [9.17, 15) is 4.79 Å². The first-order chi connectivity index (χ1) is 5.83. The maximum absolute atomic E-state index is 11.2. The van der Waals surface area contributed by atoms with Crippen molar-refractivity contribution in [1.29, 1.82) is 0 Å². The smallest absolute Gasteiger partial charge is 0.160 e. The lowest BCUT2D eigenvalue weighted by molar-refractivity contribution is -0.111. The van der Waals surface area contributed by atoms with E-state index in [1.165, 1.54) is 11.1 Å². The molecule has 0 amide bonds. The Labute approximate surface area is 70.6 Å². The number of carbonyl (C=O) groups is 1. The molecule has 1 aromatic rings. The number of hydrogen-bond acceptors (Lipinski definition) is 2. The lowest BCUT2D eigenvalue weighted by Gasteiger charge is -2.04. The Morgan fingerprint density at radius 2 is 2.08 bits per heavy atom. The molecule has 1 N–H and O–H groups in total. The zero-order valence-electron chi connectivity index (χ0n) is 6.63. The summed E-state index contributed by atoms with van der Waals surface area (Å²) in [5.74, 6) is 0.340. The topological polar surface area (TPSA) is 29.1 Å². The van der Waals surface area contributed by atoms with Crippen molar-refractivity contribution in [3.05, 3.63) is 35.4 Å². The molecule has 1 spiro atoms. The van der Waals surface area contributed by atoms with Crippen molar-refractivity contribution in [3.8, 4) is 0 Å². The Kier molecular flexibility index (Phi) is 0.943. The van der Waals surface area contributed by atoms with Gasteiger partial charge in [0.15, 0.2) is 5.78 Å². The van der Waals surface area contributed by atoms with Gasteiger partial charge in [0.05, 0.1) is 0 Å². The molecule has 1 fully saturated rings. The minimum atomic E-state index is -0.253. The van der Waals surface area contributed by atoms with Gasteiger partial charge >= 0.3 is 0 Å². The van der Waals surface area contributed by atoms with E-state index in [-0.39, 0.29) is 5.54 Å². The van der Waals surface area contributed by atoms with Gasteiger partial charge in [-0.3, -0.25) is 10.1 Å². The van der Waals surface area contributed by atoms with Crippen LogP contribution in [-0.4, -0.2) is 5.78 Å². The normalized spacial score (nSPS) is 30.8. The molecule has 2 nitrogen and oxygen atoms in total. The van der Waals surface area contributed by atoms with Crippen LogP contribution in [0.2, 0.25) is 0 Å². The lowest BCUT2D eigenvalue weighted by atomic mass is 10.0. The molecule has 1 unspecified atom stereocenters. The Morgan fingerprint density at radius 1 is 1.33 bits per heavy atom. The summed E-state index contributed by atoms with van der Waals surface area (Å²) in [6.07, 6.45) is 0.685. The fourth-order valence-electron chi connectivity index (χ4n) is 2.04. The predicted molar refractivity (Wildman–Crippen MR) is 44.6 cm³/mol. The van der Waals surface area contributed by atoms with E-state index in [4.69, 9.17) is 0 Å². The third-order valence-electron chi connectivity index (χ3n) is 2.83. The molecular weight excluding hydrogens is 150 g/mol. The molecule has 2 aliphatic rings. The summed E-state index contributed by atoms with van der Waals surface area (Å²) in [6.45, 7) is 0.849. The number of benzene rings is 1. The van der Waals surface area contributed by atoms with Crippen molar-refractivity contribution in [2.24, 2.45) is 0 Å².